The molecular formula is C14H25NO3S. The van der Waals surface area contributed by atoms with Crippen LogP contribution in [-0.4, -0.2) is 28.8 Å². The van der Waals surface area contributed by atoms with Crippen molar-refractivity contribution in [2.45, 2.75) is 52.0 Å². The number of unbranched alkanes of at least 4 members (excludes halogenated alkanes) is 1. The highest BCUT2D eigenvalue weighted by molar-refractivity contribution is 7.80. The molecule has 0 saturated carbocycles. The molecule has 19 heavy (non-hydrogen) atoms. The van der Waals surface area contributed by atoms with Crippen molar-refractivity contribution < 1.29 is 14.7 Å². The predicted octanol–water partition coefficient (Wildman–Crippen LogP) is 2.65. The molecule has 0 spiro atoms. The largest absolute Gasteiger partial charge is 0.480 e. The summed E-state index contributed by atoms with van der Waals surface area (Å²) >= 11 is 4.10. The number of carbonyl (C=O) groups excluding carboxylic acids is 1. The highest BCUT2D eigenvalue weighted by Gasteiger charge is 2.19. The second kappa shape index (κ2) is 10.9. The van der Waals surface area contributed by atoms with E-state index < -0.39 is 12.0 Å². The van der Waals surface area contributed by atoms with Crippen molar-refractivity contribution in [1.82, 2.24) is 5.32 Å². The molecule has 0 bridgehead atoms. The van der Waals surface area contributed by atoms with Crippen LogP contribution in [0.15, 0.2) is 12.2 Å². The first-order chi connectivity index (χ1) is 9.01. The summed E-state index contributed by atoms with van der Waals surface area (Å²) in [5.74, 6) is -0.264. The van der Waals surface area contributed by atoms with E-state index in [2.05, 4.69) is 17.9 Å². The third-order valence-corrected chi connectivity index (χ3v) is 3.01. The van der Waals surface area contributed by atoms with Crippen molar-refractivity contribution >= 4 is 24.5 Å². The van der Waals surface area contributed by atoms with E-state index in [1.54, 1.807) is 0 Å². The highest BCUT2D eigenvalue weighted by atomic mass is 32.1. The molecule has 2 atom stereocenters. The number of hydrogen-bond acceptors (Lipinski definition) is 3. The van der Waals surface area contributed by atoms with E-state index in [1.165, 1.54) is 0 Å². The smallest absolute Gasteiger partial charge is 0.326 e. The molecule has 1 unspecified atom stereocenters. The number of allylic oxidation sites excluding steroid dienone is 2. The van der Waals surface area contributed by atoms with Crippen LogP contribution >= 0.6 is 12.6 Å². The molecule has 0 rings (SSSR count). The SMILES string of the molecule is CCCC[C@H](NC(=O)CC(C)/C=C/CCS)C(=O)O. The third-order valence-electron chi connectivity index (χ3n) is 2.75. The second-order valence-electron chi connectivity index (χ2n) is 4.72. The van der Waals surface area contributed by atoms with Gasteiger partial charge in [-0.05, 0) is 24.5 Å². The fraction of sp³-hybridized carbons (Fsp3) is 0.714. The summed E-state index contributed by atoms with van der Waals surface area (Å²) in [4.78, 5) is 22.7. The number of carbonyl (C=O) groups is 2. The van der Waals surface area contributed by atoms with E-state index in [4.69, 9.17) is 5.11 Å². The Morgan fingerprint density at radius 3 is 2.63 bits per heavy atom. The van der Waals surface area contributed by atoms with Crippen LogP contribution in [0.5, 0.6) is 0 Å². The maximum absolute atomic E-state index is 11.7. The topological polar surface area (TPSA) is 66.4 Å². The van der Waals surface area contributed by atoms with Crippen molar-refractivity contribution in [3.05, 3.63) is 12.2 Å². The molecule has 0 aliphatic carbocycles. The van der Waals surface area contributed by atoms with Gasteiger partial charge in [0.15, 0.2) is 0 Å². The molecule has 0 heterocycles. The maximum atomic E-state index is 11.7. The summed E-state index contributed by atoms with van der Waals surface area (Å²) in [5, 5.41) is 11.6. The molecule has 5 heteroatoms. The Balaban J connectivity index is 4.14. The van der Waals surface area contributed by atoms with Gasteiger partial charge >= 0.3 is 5.97 Å². The molecule has 0 fully saturated rings. The maximum Gasteiger partial charge on any atom is 0.326 e. The molecular weight excluding hydrogens is 262 g/mol. The summed E-state index contributed by atoms with van der Waals surface area (Å²) in [6.45, 7) is 3.94. The minimum Gasteiger partial charge on any atom is -0.480 e. The average Bonchev–Trinajstić information content (AvgIpc) is 2.34. The molecule has 0 radical (unpaired) electrons. The van der Waals surface area contributed by atoms with Gasteiger partial charge in [0, 0.05) is 6.42 Å². The summed E-state index contributed by atoms with van der Waals surface area (Å²) in [6, 6.07) is -0.763. The van der Waals surface area contributed by atoms with Crippen LogP contribution in [-0.2, 0) is 9.59 Å². The molecule has 0 saturated heterocycles. The summed E-state index contributed by atoms with van der Waals surface area (Å²) in [5.41, 5.74) is 0. The Bertz CT molecular complexity index is 305. The van der Waals surface area contributed by atoms with Crippen LogP contribution in [0.2, 0.25) is 0 Å². The average molecular weight is 287 g/mol. The number of amides is 1. The quantitative estimate of drug-likeness (QED) is 0.427. The first-order valence-corrected chi connectivity index (χ1v) is 7.44. The standard InChI is InChI=1S/C14H25NO3S/c1-3-4-8-12(14(17)18)15-13(16)10-11(2)7-5-6-9-19/h5,7,11-12,19H,3-4,6,8-10H2,1-2H3,(H,15,16)(H,17,18)/b7-5+/t11?,12-/m0/s1. The van der Waals surface area contributed by atoms with Gasteiger partial charge in [-0.2, -0.15) is 12.6 Å². The first kappa shape index (κ1) is 18.0. The summed E-state index contributed by atoms with van der Waals surface area (Å²) in [7, 11) is 0. The lowest BCUT2D eigenvalue weighted by atomic mass is 10.1. The van der Waals surface area contributed by atoms with Crippen LogP contribution in [0.4, 0.5) is 0 Å². The normalized spacial score (nSPS) is 14.3. The van der Waals surface area contributed by atoms with Crippen LogP contribution in [0.3, 0.4) is 0 Å². The third kappa shape index (κ3) is 9.59. The molecule has 0 aromatic heterocycles. The van der Waals surface area contributed by atoms with Gasteiger partial charge in [-0.25, -0.2) is 4.79 Å². The number of carboxylic acid groups (broad SMARTS) is 1. The Kier molecular flexibility index (Phi) is 10.4. The van der Waals surface area contributed by atoms with E-state index in [0.717, 1.165) is 25.0 Å². The molecule has 1 amide bonds. The van der Waals surface area contributed by atoms with Gasteiger partial charge in [-0.3, -0.25) is 4.79 Å². The summed E-state index contributed by atoms with van der Waals surface area (Å²) in [6.07, 6.45) is 7.37. The zero-order chi connectivity index (χ0) is 14.7. The van der Waals surface area contributed by atoms with Gasteiger partial charge in [-0.1, -0.05) is 38.8 Å². The van der Waals surface area contributed by atoms with E-state index in [1.807, 2.05) is 26.0 Å². The first-order valence-electron chi connectivity index (χ1n) is 6.80. The Hall–Kier alpha value is -0.970. The molecule has 0 aromatic rings. The highest BCUT2D eigenvalue weighted by Crippen LogP contribution is 2.07. The number of aliphatic carboxylic acids is 1. The van der Waals surface area contributed by atoms with Crippen LogP contribution < -0.4 is 5.32 Å². The monoisotopic (exact) mass is 287 g/mol. The molecule has 0 aromatic carbocycles. The van der Waals surface area contributed by atoms with E-state index in [-0.39, 0.29) is 11.8 Å². The van der Waals surface area contributed by atoms with Crippen LogP contribution in [0.1, 0.15) is 46.0 Å². The van der Waals surface area contributed by atoms with Gasteiger partial charge in [0.05, 0.1) is 0 Å². The van der Waals surface area contributed by atoms with Crippen LogP contribution in [0, 0.1) is 5.92 Å². The Morgan fingerprint density at radius 2 is 2.11 bits per heavy atom. The van der Waals surface area contributed by atoms with Gasteiger partial charge in [0.25, 0.3) is 0 Å². The minimum absolute atomic E-state index is 0.112. The number of thiol groups is 1. The number of rotatable bonds is 10. The molecule has 2 N–H and O–H groups in total. The molecule has 4 nitrogen and oxygen atoms in total. The Morgan fingerprint density at radius 1 is 1.42 bits per heavy atom. The van der Waals surface area contributed by atoms with Crippen molar-refractivity contribution in [2.75, 3.05) is 5.75 Å². The van der Waals surface area contributed by atoms with Crippen molar-refractivity contribution in [2.24, 2.45) is 5.92 Å². The second-order valence-corrected chi connectivity index (χ2v) is 5.17. The fourth-order valence-corrected chi connectivity index (χ4v) is 1.83. The van der Waals surface area contributed by atoms with Gasteiger partial charge in [0.2, 0.25) is 5.91 Å². The number of nitrogens with one attached hydrogen (secondary N) is 1. The summed E-state index contributed by atoms with van der Waals surface area (Å²) < 4.78 is 0. The molecule has 110 valence electrons. The van der Waals surface area contributed by atoms with Crippen molar-refractivity contribution in [3.63, 3.8) is 0 Å². The van der Waals surface area contributed by atoms with E-state index in [9.17, 15) is 9.59 Å². The van der Waals surface area contributed by atoms with Crippen LogP contribution in [0.25, 0.3) is 0 Å². The van der Waals surface area contributed by atoms with Gasteiger partial charge < -0.3 is 10.4 Å². The van der Waals surface area contributed by atoms with Crippen molar-refractivity contribution in [3.8, 4) is 0 Å². The molecule has 0 aliphatic rings. The predicted molar refractivity (Wildman–Crippen MR) is 80.5 cm³/mol. The lowest BCUT2D eigenvalue weighted by molar-refractivity contribution is -0.142. The van der Waals surface area contributed by atoms with E-state index >= 15 is 0 Å². The lowest BCUT2D eigenvalue weighted by Crippen LogP contribution is -2.41. The fourth-order valence-electron chi connectivity index (χ4n) is 1.68. The molecule has 0 aliphatic heterocycles. The van der Waals surface area contributed by atoms with Crippen molar-refractivity contribution in [1.29, 1.82) is 0 Å². The number of carboxylic acids is 1. The lowest BCUT2D eigenvalue weighted by Gasteiger charge is -2.15. The van der Waals surface area contributed by atoms with Gasteiger partial charge in [0.1, 0.15) is 6.04 Å². The Labute approximate surface area is 121 Å². The zero-order valence-corrected chi connectivity index (χ0v) is 12.7. The zero-order valence-electron chi connectivity index (χ0n) is 11.8. The van der Waals surface area contributed by atoms with E-state index in [0.29, 0.717) is 12.8 Å². The van der Waals surface area contributed by atoms with Gasteiger partial charge in [-0.15, -0.1) is 0 Å². The number of hydrogen-bond donors (Lipinski definition) is 3. The minimum atomic E-state index is -0.958.